The maximum Gasteiger partial charge on any atom is 0.236 e. The molecule has 0 fully saturated rings. The van der Waals surface area contributed by atoms with Crippen molar-refractivity contribution in [2.45, 2.75) is 6.54 Å². The molecule has 0 aliphatic rings. The number of rotatable bonds is 5. The number of amides is 1. The van der Waals surface area contributed by atoms with E-state index < -0.39 is 0 Å². The van der Waals surface area contributed by atoms with Gasteiger partial charge in [0.15, 0.2) is 0 Å². The second-order valence-corrected chi connectivity index (χ2v) is 4.86. The molecule has 0 saturated carbocycles. The van der Waals surface area contributed by atoms with Gasteiger partial charge in [0, 0.05) is 26.2 Å². The third kappa shape index (κ3) is 3.08. The molecule has 2 aromatic rings. The summed E-state index contributed by atoms with van der Waals surface area (Å²) in [6.07, 6.45) is 0. The fraction of sp³-hybridized carbons (Fsp3) is 0.312. The standard InChI is InChI=1S/C16H20N2O2/c1-18(2)16(19)11-17-10-14-13-7-5-4-6-12(13)8-9-15(14)20-3/h4-9,17H,10-11H2,1-3H3. The van der Waals surface area contributed by atoms with Crippen molar-refractivity contribution in [3.63, 3.8) is 0 Å². The van der Waals surface area contributed by atoms with Crippen molar-refractivity contribution < 1.29 is 9.53 Å². The van der Waals surface area contributed by atoms with Crippen molar-refractivity contribution in [1.29, 1.82) is 0 Å². The first-order valence-electron chi connectivity index (χ1n) is 6.59. The molecule has 0 saturated heterocycles. The van der Waals surface area contributed by atoms with E-state index in [4.69, 9.17) is 4.74 Å². The van der Waals surface area contributed by atoms with E-state index >= 15 is 0 Å². The van der Waals surface area contributed by atoms with Gasteiger partial charge in [-0.2, -0.15) is 0 Å². The molecule has 0 aliphatic carbocycles. The van der Waals surface area contributed by atoms with Crippen molar-refractivity contribution in [2.24, 2.45) is 0 Å². The van der Waals surface area contributed by atoms with Crippen molar-refractivity contribution in [1.82, 2.24) is 10.2 Å². The van der Waals surface area contributed by atoms with Gasteiger partial charge in [-0.25, -0.2) is 0 Å². The first-order valence-corrected chi connectivity index (χ1v) is 6.59. The monoisotopic (exact) mass is 272 g/mol. The largest absolute Gasteiger partial charge is 0.496 e. The van der Waals surface area contributed by atoms with Gasteiger partial charge in [0.2, 0.25) is 5.91 Å². The second kappa shape index (κ2) is 6.39. The van der Waals surface area contributed by atoms with Crippen molar-refractivity contribution in [3.05, 3.63) is 42.0 Å². The Morgan fingerprint density at radius 1 is 1.20 bits per heavy atom. The van der Waals surface area contributed by atoms with E-state index in [2.05, 4.69) is 17.4 Å². The van der Waals surface area contributed by atoms with E-state index in [1.54, 1.807) is 26.1 Å². The lowest BCUT2D eigenvalue weighted by Gasteiger charge is -2.14. The third-order valence-corrected chi connectivity index (χ3v) is 3.29. The van der Waals surface area contributed by atoms with Gasteiger partial charge in [0.05, 0.1) is 13.7 Å². The Hall–Kier alpha value is -2.07. The molecule has 1 amide bonds. The van der Waals surface area contributed by atoms with Crippen LogP contribution in [-0.2, 0) is 11.3 Å². The summed E-state index contributed by atoms with van der Waals surface area (Å²) < 4.78 is 5.42. The van der Waals surface area contributed by atoms with E-state index in [1.165, 1.54) is 5.39 Å². The molecule has 1 N–H and O–H groups in total. The molecule has 0 aliphatic heterocycles. The summed E-state index contributed by atoms with van der Waals surface area (Å²) in [5.41, 5.74) is 1.08. The summed E-state index contributed by atoms with van der Waals surface area (Å²) in [6.45, 7) is 0.920. The van der Waals surface area contributed by atoms with E-state index in [0.717, 1.165) is 16.7 Å². The molecule has 20 heavy (non-hydrogen) atoms. The van der Waals surface area contributed by atoms with Crippen molar-refractivity contribution in [3.8, 4) is 5.75 Å². The lowest BCUT2D eigenvalue weighted by molar-refractivity contribution is -0.127. The van der Waals surface area contributed by atoms with E-state index in [9.17, 15) is 4.79 Å². The highest BCUT2D eigenvalue weighted by molar-refractivity contribution is 5.87. The summed E-state index contributed by atoms with van der Waals surface area (Å²) in [4.78, 5) is 13.2. The van der Waals surface area contributed by atoms with Crippen LogP contribution in [0.2, 0.25) is 0 Å². The molecular formula is C16H20N2O2. The lowest BCUT2D eigenvalue weighted by atomic mass is 10.0. The lowest BCUT2D eigenvalue weighted by Crippen LogP contribution is -2.32. The molecule has 4 nitrogen and oxygen atoms in total. The minimum atomic E-state index is 0.0594. The predicted octanol–water partition coefficient (Wildman–Crippen LogP) is 2.03. The molecule has 4 heteroatoms. The van der Waals surface area contributed by atoms with Crippen LogP contribution in [0.3, 0.4) is 0 Å². The molecule has 0 aromatic heterocycles. The van der Waals surface area contributed by atoms with Gasteiger partial charge in [-0.3, -0.25) is 4.79 Å². The average molecular weight is 272 g/mol. The highest BCUT2D eigenvalue weighted by Gasteiger charge is 2.09. The van der Waals surface area contributed by atoms with Crippen LogP contribution in [-0.4, -0.2) is 38.6 Å². The third-order valence-electron chi connectivity index (χ3n) is 3.29. The molecule has 2 aromatic carbocycles. The number of fused-ring (bicyclic) bond motifs is 1. The molecule has 0 heterocycles. The number of carbonyl (C=O) groups is 1. The predicted molar refractivity (Wildman–Crippen MR) is 80.9 cm³/mol. The zero-order chi connectivity index (χ0) is 14.5. The number of ether oxygens (including phenoxy) is 1. The number of benzene rings is 2. The number of hydrogen-bond donors (Lipinski definition) is 1. The maximum atomic E-state index is 11.6. The maximum absolute atomic E-state index is 11.6. The quantitative estimate of drug-likeness (QED) is 0.905. The van der Waals surface area contributed by atoms with Gasteiger partial charge in [-0.15, -0.1) is 0 Å². The number of likely N-dealkylation sites (N-methyl/N-ethyl adjacent to an activating group) is 1. The Labute approximate surface area is 119 Å². The zero-order valence-corrected chi connectivity index (χ0v) is 12.1. The summed E-state index contributed by atoms with van der Waals surface area (Å²) in [7, 11) is 5.17. The molecule has 2 rings (SSSR count). The summed E-state index contributed by atoms with van der Waals surface area (Å²) in [6, 6.07) is 12.2. The van der Waals surface area contributed by atoms with Crippen molar-refractivity contribution >= 4 is 16.7 Å². The van der Waals surface area contributed by atoms with Crippen molar-refractivity contribution in [2.75, 3.05) is 27.7 Å². The fourth-order valence-corrected chi connectivity index (χ4v) is 2.14. The molecule has 0 unspecified atom stereocenters. The molecule has 0 bridgehead atoms. The summed E-state index contributed by atoms with van der Waals surface area (Å²) in [5, 5.41) is 5.50. The number of methoxy groups -OCH3 is 1. The Balaban J connectivity index is 2.21. The topological polar surface area (TPSA) is 41.6 Å². The molecule has 0 radical (unpaired) electrons. The minimum Gasteiger partial charge on any atom is -0.496 e. The molecule has 0 spiro atoms. The number of nitrogens with zero attached hydrogens (tertiary/aromatic N) is 1. The average Bonchev–Trinajstić information content (AvgIpc) is 2.47. The van der Waals surface area contributed by atoms with Crippen LogP contribution in [0.25, 0.3) is 10.8 Å². The first kappa shape index (κ1) is 14.3. The van der Waals surface area contributed by atoms with Crippen LogP contribution < -0.4 is 10.1 Å². The van der Waals surface area contributed by atoms with Gasteiger partial charge in [-0.1, -0.05) is 30.3 Å². The summed E-state index contributed by atoms with van der Waals surface area (Å²) >= 11 is 0. The van der Waals surface area contributed by atoms with Gasteiger partial charge in [0.1, 0.15) is 5.75 Å². The molecule has 0 atom stereocenters. The van der Waals surface area contributed by atoms with Crippen LogP contribution in [0.5, 0.6) is 5.75 Å². The minimum absolute atomic E-state index is 0.0594. The molecule has 106 valence electrons. The van der Waals surface area contributed by atoms with Crippen LogP contribution in [0, 0.1) is 0 Å². The fourth-order valence-electron chi connectivity index (χ4n) is 2.14. The number of nitrogens with one attached hydrogen (secondary N) is 1. The Morgan fingerprint density at radius 3 is 2.65 bits per heavy atom. The second-order valence-electron chi connectivity index (χ2n) is 4.86. The zero-order valence-electron chi connectivity index (χ0n) is 12.1. The van der Waals surface area contributed by atoms with E-state index in [1.807, 2.05) is 24.3 Å². The normalized spacial score (nSPS) is 10.6. The van der Waals surface area contributed by atoms with E-state index in [0.29, 0.717) is 13.1 Å². The van der Waals surface area contributed by atoms with Crippen LogP contribution in [0.4, 0.5) is 0 Å². The Bertz CT molecular complexity index is 608. The van der Waals surface area contributed by atoms with Crippen LogP contribution in [0.15, 0.2) is 36.4 Å². The Kier molecular flexibility index (Phi) is 4.58. The smallest absolute Gasteiger partial charge is 0.236 e. The highest BCUT2D eigenvalue weighted by Crippen LogP contribution is 2.27. The first-order chi connectivity index (χ1) is 9.63. The van der Waals surface area contributed by atoms with E-state index in [-0.39, 0.29) is 5.91 Å². The van der Waals surface area contributed by atoms with Gasteiger partial charge < -0.3 is 15.0 Å². The highest BCUT2D eigenvalue weighted by atomic mass is 16.5. The Morgan fingerprint density at radius 2 is 1.95 bits per heavy atom. The number of carbonyl (C=O) groups excluding carboxylic acids is 1. The SMILES string of the molecule is COc1ccc2ccccc2c1CNCC(=O)N(C)C. The van der Waals surface area contributed by atoms with Gasteiger partial charge >= 0.3 is 0 Å². The van der Waals surface area contributed by atoms with Crippen LogP contribution >= 0.6 is 0 Å². The van der Waals surface area contributed by atoms with Crippen LogP contribution in [0.1, 0.15) is 5.56 Å². The molecular weight excluding hydrogens is 252 g/mol. The van der Waals surface area contributed by atoms with Gasteiger partial charge in [-0.05, 0) is 16.8 Å². The van der Waals surface area contributed by atoms with Gasteiger partial charge in [0.25, 0.3) is 0 Å². The number of hydrogen-bond acceptors (Lipinski definition) is 3. The summed E-state index contributed by atoms with van der Waals surface area (Å²) in [5.74, 6) is 0.901.